The van der Waals surface area contributed by atoms with Gasteiger partial charge in [0.15, 0.2) is 0 Å². The van der Waals surface area contributed by atoms with E-state index < -0.39 is 5.97 Å². The first-order valence-electron chi connectivity index (χ1n) is 10.9. The van der Waals surface area contributed by atoms with Crippen LogP contribution < -0.4 is 10.3 Å². The fraction of sp³-hybridized carbons (Fsp3) is 0.682. The van der Waals surface area contributed by atoms with Crippen LogP contribution in [0.3, 0.4) is 0 Å². The van der Waals surface area contributed by atoms with Gasteiger partial charge in [0, 0.05) is 57.3 Å². The molecule has 0 aliphatic carbocycles. The molecule has 0 saturated carbocycles. The van der Waals surface area contributed by atoms with Crippen molar-refractivity contribution in [3.8, 4) is 5.75 Å². The predicted molar refractivity (Wildman–Crippen MR) is 113 cm³/mol. The van der Waals surface area contributed by atoms with Gasteiger partial charge in [-0.15, -0.1) is 0 Å². The molecular weight excluding hydrogens is 386 g/mol. The first-order valence-corrected chi connectivity index (χ1v) is 10.9. The van der Waals surface area contributed by atoms with Crippen LogP contribution in [-0.2, 0) is 22.5 Å². The third-order valence-corrected chi connectivity index (χ3v) is 6.13. The van der Waals surface area contributed by atoms with Crippen molar-refractivity contribution in [2.75, 3.05) is 46.4 Å². The second kappa shape index (κ2) is 10.1. The Hall–Kier alpha value is -2.35. The van der Waals surface area contributed by atoms with E-state index in [9.17, 15) is 14.4 Å². The van der Waals surface area contributed by atoms with Crippen molar-refractivity contribution in [1.29, 1.82) is 0 Å². The van der Waals surface area contributed by atoms with E-state index in [2.05, 4.69) is 18.7 Å². The van der Waals surface area contributed by atoms with Crippen LogP contribution in [0.2, 0.25) is 0 Å². The minimum atomic E-state index is -0.499. The molecule has 1 fully saturated rings. The van der Waals surface area contributed by atoms with E-state index in [1.165, 1.54) is 13.2 Å². The van der Waals surface area contributed by atoms with Gasteiger partial charge < -0.3 is 23.8 Å². The van der Waals surface area contributed by atoms with Gasteiger partial charge in [-0.3, -0.25) is 9.59 Å². The van der Waals surface area contributed by atoms with Gasteiger partial charge in [-0.2, -0.15) is 0 Å². The number of rotatable bonds is 8. The van der Waals surface area contributed by atoms with Crippen LogP contribution in [0.5, 0.6) is 5.75 Å². The standard InChI is InChI=1S/C22H33N3O5/c1-4-16(2)15-23-9-7-17-21(22(28)29-3)18(14-20(27)25(17)11-10-23)30-13-12-24-8-5-6-19(24)26/h14,16H,4-13,15H2,1-3H3/t16-/m0/s1. The molecule has 8 heteroatoms. The van der Waals surface area contributed by atoms with Crippen LogP contribution in [-0.4, -0.2) is 72.7 Å². The molecule has 0 unspecified atom stereocenters. The summed E-state index contributed by atoms with van der Waals surface area (Å²) in [6.45, 7) is 8.87. The number of hydrogen-bond donors (Lipinski definition) is 0. The lowest BCUT2D eigenvalue weighted by Crippen LogP contribution is -2.32. The lowest BCUT2D eigenvalue weighted by molar-refractivity contribution is -0.128. The number of methoxy groups -OCH3 is 1. The normalized spacial score (nSPS) is 18.1. The summed E-state index contributed by atoms with van der Waals surface area (Å²) in [6, 6.07) is 1.38. The molecule has 0 radical (unpaired) electrons. The van der Waals surface area contributed by atoms with E-state index in [0.717, 1.165) is 39.0 Å². The highest BCUT2D eigenvalue weighted by atomic mass is 16.5. The zero-order valence-electron chi connectivity index (χ0n) is 18.3. The van der Waals surface area contributed by atoms with Gasteiger partial charge in [0.2, 0.25) is 5.91 Å². The summed E-state index contributed by atoms with van der Waals surface area (Å²) in [6.07, 6.45) is 3.12. The molecule has 8 nitrogen and oxygen atoms in total. The highest BCUT2D eigenvalue weighted by Gasteiger charge is 2.27. The summed E-state index contributed by atoms with van der Waals surface area (Å²) in [5.74, 6) is 0.451. The van der Waals surface area contributed by atoms with Crippen LogP contribution in [0.15, 0.2) is 10.9 Å². The van der Waals surface area contributed by atoms with Crippen LogP contribution in [0.4, 0.5) is 0 Å². The Morgan fingerprint density at radius 3 is 2.63 bits per heavy atom. The minimum Gasteiger partial charge on any atom is -0.491 e. The average Bonchev–Trinajstić information content (AvgIpc) is 3.02. The number of carbonyl (C=O) groups excluding carboxylic acids is 2. The molecule has 2 aliphatic heterocycles. The summed E-state index contributed by atoms with van der Waals surface area (Å²) in [4.78, 5) is 41.3. The summed E-state index contributed by atoms with van der Waals surface area (Å²) in [7, 11) is 1.34. The van der Waals surface area contributed by atoms with E-state index in [1.807, 2.05) is 0 Å². The molecule has 166 valence electrons. The quantitative estimate of drug-likeness (QED) is 0.595. The molecule has 3 rings (SSSR count). The number of carbonyl (C=O) groups is 2. The number of hydrogen-bond acceptors (Lipinski definition) is 6. The van der Waals surface area contributed by atoms with Crippen molar-refractivity contribution in [1.82, 2.24) is 14.4 Å². The van der Waals surface area contributed by atoms with Crippen molar-refractivity contribution in [3.05, 3.63) is 27.7 Å². The third-order valence-electron chi connectivity index (χ3n) is 6.13. The average molecular weight is 420 g/mol. The van der Waals surface area contributed by atoms with Gasteiger partial charge in [0.1, 0.15) is 17.9 Å². The lowest BCUT2D eigenvalue weighted by Gasteiger charge is -2.22. The number of nitrogens with zero attached hydrogens (tertiary/aromatic N) is 3. The SMILES string of the molecule is CC[C@H](C)CN1CCc2c(C(=O)OC)c(OCCN3CCCC3=O)cc(=O)n2CC1. The number of ether oxygens (including phenoxy) is 2. The second-order valence-electron chi connectivity index (χ2n) is 8.21. The van der Waals surface area contributed by atoms with E-state index >= 15 is 0 Å². The maximum Gasteiger partial charge on any atom is 0.343 e. The predicted octanol–water partition coefficient (Wildman–Crippen LogP) is 1.54. The fourth-order valence-corrected chi connectivity index (χ4v) is 4.19. The summed E-state index contributed by atoms with van der Waals surface area (Å²) < 4.78 is 12.5. The van der Waals surface area contributed by atoms with Crippen molar-refractivity contribution < 1.29 is 19.1 Å². The smallest absolute Gasteiger partial charge is 0.343 e. The third kappa shape index (κ3) is 5.03. The lowest BCUT2D eigenvalue weighted by atomic mass is 10.1. The van der Waals surface area contributed by atoms with Crippen molar-refractivity contribution in [2.45, 2.75) is 46.1 Å². The van der Waals surface area contributed by atoms with Crippen molar-refractivity contribution in [2.24, 2.45) is 5.92 Å². The molecule has 1 aromatic heterocycles. The first-order chi connectivity index (χ1) is 14.4. The van der Waals surface area contributed by atoms with Crippen LogP contribution >= 0.6 is 0 Å². The largest absolute Gasteiger partial charge is 0.491 e. The van der Waals surface area contributed by atoms with Crippen LogP contribution in [0, 0.1) is 5.92 Å². The monoisotopic (exact) mass is 419 g/mol. The van der Waals surface area contributed by atoms with Crippen molar-refractivity contribution >= 4 is 11.9 Å². The van der Waals surface area contributed by atoms with E-state index in [4.69, 9.17) is 9.47 Å². The maximum atomic E-state index is 12.8. The van der Waals surface area contributed by atoms with Crippen molar-refractivity contribution in [3.63, 3.8) is 0 Å². The Kier molecular flexibility index (Phi) is 7.53. The molecule has 1 amide bonds. The molecule has 0 spiro atoms. The maximum absolute atomic E-state index is 12.8. The minimum absolute atomic E-state index is 0.121. The molecule has 3 heterocycles. The Morgan fingerprint density at radius 2 is 1.97 bits per heavy atom. The number of fused-ring (bicyclic) bond motifs is 1. The van der Waals surface area contributed by atoms with Gasteiger partial charge in [-0.05, 0) is 12.3 Å². The molecule has 0 N–H and O–H groups in total. The van der Waals surface area contributed by atoms with Crippen LogP contribution in [0.25, 0.3) is 0 Å². The molecule has 2 aliphatic rings. The molecule has 0 bridgehead atoms. The molecule has 1 atom stereocenters. The number of esters is 1. The number of amides is 1. The number of pyridine rings is 1. The van der Waals surface area contributed by atoms with Gasteiger partial charge in [0.25, 0.3) is 5.56 Å². The van der Waals surface area contributed by atoms with Gasteiger partial charge in [0.05, 0.1) is 13.7 Å². The Balaban J connectivity index is 1.81. The van der Waals surface area contributed by atoms with E-state index in [1.54, 1.807) is 9.47 Å². The molecule has 0 aromatic carbocycles. The summed E-state index contributed by atoms with van der Waals surface area (Å²) >= 11 is 0. The Labute approximate surface area is 177 Å². The topological polar surface area (TPSA) is 81.1 Å². The van der Waals surface area contributed by atoms with Gasteiger partial charge in [-0.25, -0.2) is 4.79 Å². The molecule has 1 aromatic rings. The number of aromatic nitrogens is 1. The highest BCUT2D eigenvalue weighted by Crippen LogP contribution is 2.24. The molecule has 1 saturated heterocycles. The molecule has 30 heavy (non-hydrogen) atoms. The highest BCUT2D eigenvalue weighted by molar-refractivity contribution is 5.93. The first kappa shape index (κ1) is 22.3. The second-order valence-corrected chi connectivity index (χ2v) is 8.21. The zero-order chi connectivity index (χ0) is 21.7. The van der Waals surface area contributed by atoms with E-state index in [0.29, 0.717) is 43.1 Å². The Bertz CT molecular complexity index is 835. The summed E-state index contributed by atoms with van der Waals surface area (Å²) in [5.41, 5.74) is 0.832. The van der Waals surface area contributed by atoms with Crippen LogP contribution in [0.1, 0.15) is 49.2 Å². The van der Waals surface area contributed by atoms with Gasteiger partial charge >= 0.3 is 5.97 Å². The van der Waals surface area contributed by atoms with E-state index in [-0.39, 0.29) is 23.8 Å². The fourth-order valence-electron chi connectivity index (χ4n) is 4.19. The Morgan fingerprint density at radius 1 is 1.17 bits per heavy atom. The zero-order valence-corrected chi connectivity index (χ0v) is 18.3. The van der Waals surface area contributed by atoms with Gasteiger partial charge in [-0.1, -0.05) is 20.3 Å². The number of likely N-dealkylation sites (tertiary alicyclic amines) is 1. The molecular formula is C22H33N3O5. The summed E-state index contributed by atoms with van der Waals surface area (Å²) in [5, 5.41) is 0.